The van der Waals surface area contributed by atoms with Gasteiger partial charge in [-0.05, 0) is 64.2 Å². The van der Waals surface area contributed by atoms with E-state index in [1.165, 1.54) is 6.92 Å². The molecule has 1 aromatic rings. The predicted octanol–water partition coefficient (Wildman–Crippen LogP) is 1.82. The van der Waals surface area contributed by atoms with Crippen LogP contribution in [0, 0.1) is 0 Å². The van der Waals surface area contributed by atoms with E-state index in [1.807, 2.05) is 7.05 Å². The predicted molar refractivity (Wildman–Crippen MR) is 85.2 cm³/mol. The van der Waals surface area contributed by atoms with Crippen LogP contribution in [0.2, 0.25) is 0 Å². The quantitative estimate of drug-likeness (QED) is 0.779. The molecule has 0 aliphatic carbocycles. The fourth-order valence-corrected chi connectivity index (χ4v) is 2.62. The molecule has 0 aromatic heterocycles. The number of ketones is 1. The van der Waals surface area contributed by atoms with Crippen LogP contribution in [0.15, 0.2) is 24.3 Å². The molecule has 5 heteroatoms. The van der Waals surface area contributed by atoms with Crippen LogP contribution in [0.1, 0.15) is 30.1 Å². The zero-order valence-corrected chi connectivity index (χ0v) is 13.5. The van der Waals surface area contributed by atoms with E-state index < -0.39 is 0 Å². The third-order valence-electron chi connectivity index (χ3n) is 4.25. The van der Waals surface area contributed by atoms with E-state index in [-0.39, 0.29) is 18.3 Å². The Bertz CT molecular complexity index is 519. The number of Topliss-reactive ketones (excluding diaryl/α,β-unsaturated/α-hetero) is 1. The third-order valence-corrected chi connectivity index (χ3v) is 4.25. The monoisotopic (exact) mass is 304 g/mol. The maximum Gasteiger partial charge on any atom is 0.260 e. The summed E-state index contributed by atoms with van der Waals surface area (Å²) in [5.74, 6) is 0.616. The zero-order valence-electron chi connectivity index (χ0n) is 13.5. The third kappa shape index (κ3) is 4.31. The van der Waals surface area contributed by atoms with Crippen molar-refractivity contribution in [2.24, 2.45) is 0 Å². The number of benzene rings is 1. The van der Waals surface area contributed by atoms with Gasteiger partial charge in [0, 0.05) is 18.7 Å². The van der Waals surface area contributed by atoms with Crippen LogP contribution in [-0.4, -0.2) is 61.3 Å². The Kier molecular flexibility index (Phi) is 5.55. The second kappa shape index (κ2) is 7.40. The molecule has 120 valence electrons. The van der Waals surface area contributed by atoms with Crippen molar-refractivity contribution < 1.29 is 14.3 Å². The molecule has 1 aliphatic rings. The number of carbonyl (C=O) groups is 2. The number of ether oxygens (including phenoxy) is 1. The highest BCUT2D eigenvalue weighted by Crippen LogP contribution is 2.16. The van der Waals surface area contributed by atoms with Crippen molar-refractivity contribution in [3.63, 3.8) is 0 Å². The first-order valence-electron chi connectivity index (χ1n) is 7.65. The number of hydrogen-bond acceptors (Lipinski definition) is 4. The molecule has 0 N–H and O–H groups in total. The summed E-state index contributed by atoms with van der Waals surface area (Å²) < 4.78 is 5.52. The van der Waals surface area contributed by atoms with Crippen molar-refractivity contribution >= 4 is 11.7 Å². The first-order valence-corrected chi connectivity index (χ1v) is 7.65. The van der Waals surface area contributed by atoms with Crippen molar-refractivity contribution in [2.75, 3.05) is 33.8 Å². The number of piperidine rings is 1. The van der Waals surface area contributed by atoms with E-state index in [4.69, 9.17) is 4.74 Å². The second-order valence-electron chi connectivity index (χ2n) is 5.91. The first-order chi connectivity index (χ1) is 10.5. The molecule has 0 spiro atoms. The molecule has 1 saturated heterocycles. The summed E-state index contributed by atoms with van der Waals surface area (Å²) in [6, 6.07) is 7.16. The van der Waals surface area contributed by atoms with E-state index in [2.05, 4.69) is 11.9 Å². The number of rotatable bonds is 5. The zero-order chi connectivity index (χ0) is 16.1. The van der Waals surface area contributed by atoms with Gasteiger partial charge in [-0.25, -0.2) is 0 Å². The maximum absolute atomic E-state index is 12.2. The van der Waals surface area contributed by atoms with Gasteiger partial charge in [0.25, 0.3) is 5.91 Å². The van der Waals surface area contributed by atoms with E-state index in [0.29, 0.717) is 17.4 Å². The lowest BCUT2D eigenvalue weighted by Crippen LogP contribution is -2.45. The molecule has 5 nitrogen and oxygen atoms in total. The topological polar surface area (TPSA) is 49.9 Å². The summed E-state index contributed by atoms with van der Waals surface area (Å²) >= 11 is 0. The Morgan fingerprint density at radius 1 is 1.23 bits per heavy atom. The molecular formula is C17H24N2O3. The molecule has 2 rings (SSSR count). The summed E-state index contributed by atoms with van der Waals surface area (Å²) in [4.78, 5) is 27.5. The Labute approximate surface area is 131 Å². The van der Waals surface area contributed by atoms with Gasteiger partial charge in [0.15, 0.2) is 12.4 Å². The highest BCUT2D eigenvalue weighted by atomic mass is 16.5. The lowest BCUT2D eigenvalue weighted by Gasteiger charge is -2.35. The van der Waals surface area contributed by atoms with Gasteiger partial charge in [-0.3, -0.25) is 9.59 Å². The summed E-state index contributed by atoms with van der Waals surface area (Å²) in [6.07, 6.45) is 2.01. The number of amides is 1. The summed E-state index contributed by atoms with van der Waals surface area (Å²) in [5.41, 5.74) is 0.641. The molecule has 0 unspecified atom stereocenters. The van der Waals surface area contributed by atoms with Crippen LogP contribution < -0.4 is 4.74 Å². The van der Waals surface area contributed by atoms with Crippen molar-refractivity contribution in [3.8, 4) is 5.75 Å². The molecule has 1 fully saturated rings. The highest BCUT2D eigenvalue weighted by Gasteiger charge is 2.24. The summed E-state index contributed by atoms with van der Waals surface area (Å²) in [7, 11) is 3.95. The summed E-state index contributed by atoms with van der Waals surface area (Å²) in [5, 5.41) is 0. The van der Waals surface area contributed by atoms with Crippen molar-refractivity contribution in [1.29, 1.82) is 0 Å². The molecule has 1 amide bonds. The molecule has 1 aromatic carbocycles. The largest absolute Gasteiger partial charge is 0.484 e. The molecule has 0 radical (unpaired) electrons. The van der Waals surface area contributed by atoms with Gasteiger partial charge < -0.3 is 14.5 Å². The van der Waals surface area contributed by atoms with Gasteiger partial charge in [-0.15, -0.1) is 0 Å². The van der Waals surface area contributed by atoms with Crippen LogP contribution in [0.3, 0.4) is 0 Å². The normalized spacial score (nSPS) is 16.3. The minimum Gasteiger partial charge on any atom is -0.484 e. The van der Waals surface area contributed by atoms with E-state index in [1.54, 1.807) is 29.2 Å². The van der Waals surface area contributed by atoms with E-state index in [0.717, 1.165) is 25.9 Å². The molecule has 0 atom stereocenters. The van der Waals surface area contributed by atoms with Crippen molar-refractivity contribution in [2.45, 2.75) is 25.8 Å². The average Bonchev–Trinajstić information content (AvgIpc) is 2.53. The Hall–Kier alpha value is -1.88. The van der Waals surface area contributed by atoms with Gasteiger partial charge in [0.1, 0.15) is 5.75 Å². The van der Waals surface area contributed by atoms with Crippen LogP contribution in [-0.2, 0) is 4.79 Å². The van der Waals surface area contributed by atoms with Gasteiger partial charge in [0.05, 0.1) is 0 Å². The standard InChI is InChI=1S/C17H24N2O3/c1-13(20)14-4-6-16(7-5-14)22-12-17(21)19(3)15-8-10-18(2)11-9-15/h4-7,15H,8-12H2,1-3H3. The fourth-order valence-electron chi connectivity index (χ4n) is 2.62. The molecular weight excluding hydrogens is 280 g/mol. The van der Waals surface area contributed by atoms with Crippen LogP contribution in [0.4, 0.5) is 0 Å². The number of nitrogens with zero attached hydrogens (tertiary/aromatic N) is 2. The van der Waals surface area contributed by atoms with Gasteiger partial charge in [-0.1, -0.05) is 0 Å². The SMILES string of the molecule is CC(=O)c1ccc(OCC(=O)N(C)C2CCN(C)CC2)cc1. The molecule has 1 aliphatic heterocycles. The molecule has 0 bridgehead atoms. The number of hydrogen-bond donors (Lipinski definition) is 0. The van der Waals surface area contributed by atoms with Gasteiger partial charge >= 0.3 is 0 Å². The van der Waals surface area contributed by atoms with Crippen LogP contribution in [0.5, 0.6) is 5.75 Å². The highest BCUT2D eigenvalue weighted by molar-refractivity contribution is 5.94. The maximum atomic E-state index is 12.2. The fraction of sp³-hybridized carbons (Fsp3) is 0.529. The molecule has 0 saturated carbocycles. The van der Waals surface area contributed by atoms with Crippen LogP contribution >= 0.6 is 0 Å². The number of likely N-dealkylation sites (tertiary alicyclic amines) is 1. The van der Waals surface area contributed by atoms with Crippen molar-refractivity contribution in [1.82, 2.24) is 9.80 Å². The lowest BCUT2D eigenvalue weighted by molar-refractivity contribution is -0.135. The lowest BCUT2D eigenvalue weighted by atomic mass is 10.0. The smallest absolute Gasteiger partial charge is 0.260 e. The Balaban J connectivity index is 1.82. The molecule has 22 heavy (non-hydrogen) atoms. The number of carbonyl (C=O) groups excluding carboxylic acids is 2. The van der Waals surface area contributed by atoms with Gasteiger partial charge in [0.2, 0.25) is 0 Å². The number of likely N-dealkylation sites (N-methyl/N-ethyl adjacent to an activating group) is 1. The first kappa shape index (κ1) is 16.5. The Morgan fingerprint density at radius 2 is 1.82 bits per heavy atom. The minimum absolute atomic E-state index is 0.00908. The van der Waals surface area contributed by atoms with Gasteiger partial charge in [-0.2, -0.15) is 0 Å². The molecule has 1 heterocycles. The minimum atomic E-state index is -0.00908. The average molecular weight is 304 g/mol. The van der Waals surface area contributed by atoms with Crippen molar-refractivity contribution in [3.05, 3.63) is 29.8 Å². The van der Waals surface area contributed by atoms with E-state index >= 15 is 0 Å². The summed E-state index contributed by atoms with van der Waals surface area (Å²) in [6.45, 7) is 3.60. The second-order valence-corrected chi connectivity index (χ2v) is 5.91. The van der Waals surface area contributed by atoms with Crippen LogP contribution in [0.25, 0.3) is 0 Å². The Morgan fingerprint density at radius 3 is 2.36 bits per heavy atom. The van der Waals surface area contributed by atoms with E-state index in [9.17, 15) is 9.59 Å².